The number of aliphatic hydroxyl groups excluding tert-OH is 1. The molecule has 1 aliphatic heterocycles. The molecule has 1 aromatic carbocycles. The Morgan fingerprint density at radius 2 is 1.76 bits per heavy atom. The average molecular weight is 238 g/mol. The molecular weight excluding hydrogens is 220 g/mol. The van der Waals surface area contributed by atoms with Gasteiger partial charge < -0.3 is 19.3 Å². The van der Waals surface area contributed by atoms with Gasteiger partial charge >= 0.3 is 0 Å². The summed E-state index contributed by atoms with van der Waals surface area (Å²) in [6, 6.07) is 5.82. The lowest BCUT2D eigenvalue weighted by atomic mass is 9.76. The Kier molecular flexibility index (Phi) is 3.54. The molecule has 0 radical (unpaired) electrons. The van der Waals surface area contributed by atoms with E-state index in [9.17, 15) is 0 Å². The molecule has 0 aromatic heterocycles. The zero-order valence-electron chi connectivity index (χ0n) is 10.2. The first-order valence-electron chi connectivity index (χ1n) is 5.66. The highest BCUT2D eigenvalue weighted by atomic mass is 16.5. The summed E-state index contributed by atoms with van der Waals surface area (Å²) in [7, 11) is 3.27. The van der Waals surface area contributed by atoms with Crippen LogP contribution in [0.2, 0.25) is 0 Å². The van der Waals surface area contributed by atoms with Crippen LogP contribution < -0.4 is 9.47 Å². The summed E-state index contributed by atoms with van der Waals surface area (Å²) in [5.41, 5.74) is 1.02. The molecule has 1 heterocycles. The lowest BCUT2D eigenvalue weighted by Gasteiger charge is -2.42. The van der Waals surface area contributed by atoms with Gasteiger partial charge in [0.15, 0.2) is 0 Å². The number of hydrogen-bond donors (Lipinski definition) is 1. The molecule has 17 heavy (non-hydrogen) atoms. The highest BCUT2D eigenvalue weighted by molar-refractivity contribution is 5.43. The van der Waals surface area contributed by atoms with E-state index in [0.717, 1.165) is 17.1 Å². The molecule has 0 amide bonds. The largest absolute Gasteiger partial charge is 0.497 e. The highest BCUT2D eigenvalue weighted by Crippen LogP contribution is 2.39. The van der Waals surface area contributed by atoms with E-state index in [0.29, 0.717) is 19.6 Å². The summed E-state index contributed by atoms with van der Waals surface area (Å²) in [5, 5.41) is 9.16. The van der Waals surface area contributed by atoms with E-state index in [4.69, 9.17) is 19.3 Å². The van der Waals surface area contributed by atoms with Gasteiger partial charge in [-0.05, 0) is 24.1 Å². The van der Waals surface area contributed by atoms with Gasteiger partial charge in [-0.25, -0.2) is 0 Å². The number of aliphatic hydroxyl groups is 1. The van der Waals surface area contributed by atoms with Gasteiger partial charge in [0, 0.05) is 18.1 Å². The maximum atomic E-state index is 9.16. The molecule has 0 bridgehead atoms. The van der Waals surface area contributed by atoms with Crippen LogP contribution in [0, 0.1) is 0 Å². The molecule has 0 atom stereocenters. The second-order valence-electron chi connectivity index (χ2n) is 4.35. The fourth-order valence-electron chi connectivity index (χ4n) is 2.13. The molecule has 1 N–H and O–H groups in total. The maximum Gasteiger partial charge on any atom is 0.122 e. The number of rotatable bonds is 5. The Morgan fingerprint density at radius 1 is 1.18 bits per heavy atom. The minimum Gasteiger partial charge on any atom is -0.497 e. The number of methoxy groups -OCH3 is 2. The molecule has 4 nitrogen and oxygen atoms in total. The van der Waals surface area contributed by atoms with Crippen LogP contribution in [0.25, 0.3) is 0 Å². The van der Waals surface area contributed by atoms with Crippen molar-refractivity contribution in [1.29, 1.82) is 0 Å². The monoisotopic (exact) mass is 238 g/mol. The third-order valence-corrected chi connectivity index (χ3v) is 3.31. The van der Waals surface area contributed by atoms with Gasteiger partial charge in [-0.1, -0.05) is 0 Å². The molecule has 0 spiro atoms. The number of hydrogen-bond acceptors (Lipinski definition) is 4. The van der Waals surface area contributed by atoms with E-state index >= 15 is 0 Å². The first-order valence-corrected chi connectivity index (χ1v) is 5.66. The fraction of sp³-hybridized carbons (Fsp3) is 0.538. The van der Waals surface area contributed by atoms with Crippen LogP contribution >= 0.6 is 0 Å². The summed E-state index contributed by atoms with van der Waals surface area (Å²) < 4.78 is 15.8. The zero-order chi connectivity index (χ0) is 12.3. The van der Waals surface area contributed by atoms with Crippen molar-refractivity contribution in [2.75, 3.05) is 34.0 Å². The predicted octanol–water partition coefficient (Wildman–Crippen LogP) is 1.35. The van der Waals surface area contributed by atoms with E-state index in [1.807, 2.05) is 18.2 Å². The molecule has 0 saturated carbocycles. The zero-order valence-corrected chi connectivity index (χ0v) is 10.2. The molecule has 1 saturated heterocycles. The molecule has 1 aromatic rings. The third kappa shape index (κ3) is 2.23. The van der Waals surface area contributed by atoms with Gasteiger partial charge in [0.05, 0.1) is 27.4 Å². The summed E-state index contributed by atoms with van der Waals surface area (Å²) >= 11 is 0. The van der Waals surface area contributed by atoms with Gasteiger partial charge in [-0.3, -0.25) is 0 Å². The Bertz CT molecular complexity index is 363. The second kappa shape index (κ2) is 4.94. The van der Waals surface area contributed by atoms with Crippen molar-refractivity contribution in [3.05, 3.63) is 23.8 Å². The van der Waals surface area contributed by atoms with Crippen LogP contribution in [0.4, 0.5) is 0 Å². The average Bonchev–Trinajstić information content (AvgIpc) is 2.33. The van der Waals surface area contributed by atoms with E-state index in [1.54, 1.807) is 14.2 Å². The Labute approximate surface area is 101 Å². The Morgan fingerprint density at radius 3 is 2.12 bits per heavy atom. The predicted molar refractivity (Wildman–Crippen MR) is 63.7 cm³/mol. The lowest BCUT2D eigenvalue weighted by molar-refractivity contribution is -0.0702. The van der Waals surface area contributed by atoms with Crippen LogP contribution in [0.1, 0.15) is 12.0 Å². The first-order chi connectivity index (χ1) is 8.24. The summed E-state index contributed by atoms with van der Waals surface area (Å²) in [4.78, 5) is 0. The van der Waals surface area contributed by atoms with Crippen molar-refractivity contribution in [1.82, 2.24) is 0 Å². The second-order valence-corrected chi connectivity index (χ2v) is 4.35. The first kappa shape index (κ1) is 12.2. The van der Waals surface area contributed by atoms with E-state index in [-0.39, 0.29) is 12.0 Å². The molecule has 1 fully saturated rings. The summed E-state index contributed by atoms with van der Waals surface area (Å²) in [5.74, 6) is 1.53. The van der Waals surface area contributed by atoms with Crippen LogP contribution in [0.15, 0.2) is 18.2 Å². The van der Waals surface area contributed by atoms with Crippen molar-refractivity contribution in [3.63, 3.8) is 0 Å². The minimum atomic E-state index is -0.0867. The van der Waals surface area contributed by atoms with Crippen molar-refractivity contribution < 1.29 is 19.3 Å². The molecule has 1 aliphatic rings. The minimum absolute atomic E-state index is 0.0867. The molecule has 4 heteroatoms. The van der Waals surface area contributed by atoms with E-state index < -0.39 is 0 Å². The Hall–Kier alpha value is -1.26. The summed E-state index contributed by atoms with van der Waals surface area (Å²) in [6.45, 7) is 1.44. The molecule has 94 valence electrons. The summed E-state index contributed by atoms with van der Waals surface area (Å²) in [6.07, 6.45) is 0.698. The number of ether oxygens (including phenoxy) is 3. The smallest absolute Gasteiger partial charge is 0.122 e. The van der Waals surface area contributed by atoms with Gasteiger partial charge in [0.2, 0.25) is 0 Å². The third-order valence-electron chi connectivity index (χ3n) is 3.31. The van der Waals surface area contributed by atoms with Crippen LogP contribution in [0.5, 0.6) is 11.5 Å². The quantitative estimate of drug-likeness (QED) is 0.841. The van der Waals surface area contributed by atoms with Crippen molar-refractivity contribution in [2.45, 2.75) is 11.8 Å². The van der Waals surface area contributed by atoms with Gasteiger partial charge in [0.1, 0.15) is 11.5 Å². The molecule has 0 unspecified atom stereocenters. The van der Waals surface area contributed by atoms with Crippen LogP contribution in [0.3, 0.4) is 0 Å². The lowest BCUT2D eigenvalue weighted by Crippen LogP contribution is -2.47. The highest BCUT2D eigenvalue weighted by Gasteiger charge is 2.40. The van der Waals surface area contributed by atoms with Gasteiger partial charge in [0.25, 0.3) is 0 Å². The molecule has 2 rings (SSSR count). The van der Waals surface area contributed by atoms with Crippen molar-refractivity contribution in [3.8, 4) is 11.5 Å². The van der Waals surface area contributed by atoms with Crippen LogP contribution in [-0.4, -0.2) is 39.1 Å². The van der Waals surface area contributed by atoms with E-state index in [1.165, 1.54) is 0 Å². The van der Waals surface area contributed by atoms with E-state index in [2.05, 4.69) is 0 Å². The SMILES string of the molecule is COc1cc(OC)cc(C2(CCO)COC2)c1. The maximum absolute atomic E-state index is 9.16. The normalized spacial score (nSPS) is 17.4. The Balaban J connectivity index is 2.35. The van der Waals surface area contributed by atoms with Gasteiger partial charge in [-0.2, -0.15) is 0 Å². The van der Waals surface area contributed by atoms with Crippen molar-refractivity contribution in [2.24, 2.45) is 0 Å². The van der Waals surface area contributed by atoms with Crippen LogP contribution in [-0.2, 0) is 10.2 Å². The number of benzene rings is 1. The fourth-order valence-corrected chi connectivity index (χ4v) is 2.13. The molecular formula is C13H18O4. The topological polar surface area (TPSA) is 47.9 Å². The molecule has 0 aliphatic carbocycles. The van der Waals surface area contributed by atoms with Crippen molar-refractivity contribution >= 4 is 0 Å². The standard InChI is InChI=1S/C13H18O4/c1-15-11-5-10(6-12(7-11)16-2)13(3-4-14)8-17-9-13/h5-7,14H,3-4,8-9H2,1-2H3. The van der Waals surface area contributed by atoms with Gasteiger partial charge in [-0.15, -0.1) is 0 Å².